The third-order valence-electron chi connectivity index (χ3n) is 14.2. The quantitative estimate of drug-likeness (QED) is 0.0936. The van der Waals surface area contributed by atoms with Gasteiger partial charge in [-0.3, -0.25) is 48.5 Å². The molecule has 23 heteroatoms. The van der Waals surface area contributed by atoms with Gasteiger partial charge in [0.25, 0.3) is 0 Å². The first kappa shape index (κ1) is 58.3. The zero-order valence-corrected chi connectivity index (χ0v) is 44.3. The van der Waals surface area contributed by atoms with E-state index in [1.165, 1.54) is 6.08 Å². The number of hydrogen-bond donors (Lipinski definition) is 4. The van der Waals surface area contributed by atoms with Crippen molar-refractivity contribution in [3.05, 3.63) is 65.3 Å². The number of benzene rings is 2. The van der Waals surface area contributed by atoms with E-state index in [0.29, 0.717) is 110 Å². The van der Waals surface area contributed by atoms with Gasteiger partial charge in [0.05, 0.1) is 62.0 Å². The summed E-state index contributed by atoms with van der Waals surface area (Å²) in [6, 6.07) is 14.5. The van der Waals surface area contributed by atoms with Gasteiger partial charge in [0.2, 0.25) is 11.8 Å². The molecule has 2 amide bonds. The molecule has 1 aromatic heterocycles. The van der Waals surface area contributed by atoms with E-state index < -0.39 is 17.9 Å². The molecule has 21 nitrogen and oxygen atoms in total. The van der Waals surface area contributed by atoms with Crippen LogP contribution in [0.2, 0.25) is 5.02 Å². The van der Waals surface area contributed by atoms with Gasteiger partial charge in [-0.2, -0.15) is 15.2 Å². The van der Waals surface area contributed by atoms with Gasteiger partial charge in [-0.05, 0) is 68.8 Å². The van der Waals surface area contributed by atoms with Crippen LogP contribution < -0.4 is 19.9 Å². The number of aliphatic carboxylic acids is 3. The van der Waals surface area contributed by atoms with E-state index in [2.05, 4.69) is 50.9 Å². The van der Waals surface area contributed by atoms with E-state index in [4.69, 9.17) is 26.3 Å². The first-order chi connectivity index (χ1) is 35.3. The summed E-state index contributed by atoms with van der Waals surface area (Å²) in [5.41, 5.74) is 2.91. The summed E-state index contributed by atoms with van der Waals surface area (Å²) in [5, 5.41) is 44.1. The first-order valence-corrected chi connectivity index (χ1v) is 25.7. The predicted molar refractivity (Wildman–Crippen MR) is 275 cm³/mol. The molecule has 0 saturated carbocycles. The Labute approximate surface area is 466 Å². The molecule has 2 aromatic carbocycles. The SMILES string of the molecule is C=CC(=O)N1CCN(c2nc(OC[C@@H]3CCCN3CCCCNC(=O)CN3CCN(CC(=O)O)CCN(CC(=O)O)CCN(CC(=O)O)CC3)nc3c2CCN(c2cccc4cccc(Cl)c24)C3)C[C@@H]1CC#N.[Lu]. The average Bonchev–Trinajstić information content (AvgIpc) is 3.82. The van der Waals surface area contributed by atoms with Crippen LogP contribution in [0.5, 0.6) is 6.01 Å². The van der Waals surface area contributed by atoms with Crippen LogP contribution in [0.3, 0.4) is 0 Å². The summed E-state index contributed by atoms with van der Waals surface area (Å²) in [7, 11) is 0. The molecule has 4 aliphatic heterocycles. The van der Waals surface area contributed by atoms with Crippen LogP contribution in [0.25, 0.3) is 10.8 Å². The summed E-state index contributed by atoms with van der Waals surface area (Å²) in [6.45, 7) is 10.9. The van der Waals surface area contributed by atoms with Gasteiger partial charge in [-0.25, -0.2) is 0 Å². The van der Waals surface area contributed by atoms with Crippen LogP contribution in [0.1, 0.15) is 43.4 Å². The van der Waals surface area contributed by atoms with Crippen molar-refractivity contribution in [1.82, 2.24) is 44.7 Å². The monoisotopic (exact) mass is 1200 g/mol. The van der Waals surface area contributed by atoms with E-state index >= 15 is 0 Å². The van der Waals surface area contributed by atoms with Crippen LogP contribution in [-0.2, 0) is 36.9 Å². The van der Waals surface area contributed by atoms with Gasteiger partial charge in [0.1, 0.15) is 12.4 Å². The molecule has 7 rings (SSSR count). The fourth-order valence-corrected chi connectivity index (χ4v) is 10.7. The van der Waals surface area contributed by atoms with Crippen LogP contribution in [0, 0.1) is 48.2 Å². The normalized spacial score (nSPS) is 19.9. The molecule has 3 aromatic rings. The minimum absolute atomic E-state index is 0. The van der Waals surface area contributed by atoms with Gasteiger partial charge in [0, 0.05) is 145 Å². The van der Waals surface area contributed by atoms with E-state index in [0.717, 1.165) is 72.3 Å². The molecule has 0 unspecified atom stereocenters. The number of piperazine rings is 1. The van der Waals surface area contributed by atoms with Gasteiger partial charge < -0.3 is 40.1 Å². The number of fused-ring (bicyclic) bond motifs is 2. The Kier molecular flexibility index (Phi) is 22.7. The van der Waals surface area contributed by atoms with Crippen molar-refractivity contribution >= 4 is 63.6 Å². The second kappa shape index (κ2) is 28.8. The number of likely N-dealkylation sites (tertiary alicyclic amines) is 1. The van der Waals surface area contributed by atoms with Crippen molar-refractivity contribution in [1.29, 1.82) is 5.26 Å². The smallest absolute Gasteiger partial charge is 0.318 e. The van der Waals surface area contributed by atoms with Crippen molar-refractivity contribution in [2.45, 2.75) is 57.2 Å². The number of aromatic nitrogens is 2. The second-order valence-electron chi connectivity index (χ2n) is 19.2. The number of carboxylic acid groups (broad SMARTS) is 3. The number of carbonyl (C=O) groups is 5. The molecule has 3 saturated heterocycles. The Balaban J connectivity index is 0.00000892. The number of ether oxygens (including phenoxy) is 1. The van der Waals surface area contributed by atoms with E-state index in [1.807, 2.05) is 23.1 Å². The van der Waals surface area contributed by atoms with Crippen molar-refractivity contribution in [2.24, 2.45) is 0 Å². The van der Waals surface area contributed by atoms with Crippen LogP contribution in [0.15, 0.2) is 49.1 Å². The summed E-state index contributed by atoms with van der Waals surface area (Å²) < 4.78 is 6.53. The zero-order chi connectivity index (χ0) is 51.9. The fourth-order valence-electron chi connectivity index (χ4n) is 10.5. The number of unbranched alkanes of at least 4 members (excludes halogenated alkanes) is 1. The fraction of sp³-hybridized carbons (Fsp3) is 0.569. The molecular weight excluding hydrogens is 1140 g/mol. The number of nitriles is 1. The molecule has 0 spiro atoms. The number of rotatable bonds is 20. The molecule has 0 bridgehead atoms. The standard InChI is InChI=1S/C51H69ClN12O9.Lu/c1-2-45(66)64-29-28-63(30-38(64)13-15-53)50-40-14-19-62(43-12-6-9-37-8-5-11-41(52)49(37)43)31-42(40)55-51(56-50)73-36-39-10-7-18-61(39)17-4-3-16-54-44(65)32-57-20-22-58(33-46(67)68)24-26-60(35-48(71)72)27-25-59(23-21-57)34-47(69)70;/h2,5-6,8-9,11-12,38-39H,1,3-4,7,10,13-14,16-36H2,(H,54,65)(H,67,68)(H,69,70)(H,71,72);/t38-,39-;/m0./s1. The summed E-state index contributed by atoms with van der Waals surface area (Å²) in [5.74, 6) is -2.64. The summed E-state index contributed by atoms with van der Waals surface area (Å²) in [4.78, 5) is 86.8. The van der Waals surface area contributed by atoms with E-state index in [1.54, 1.807) is 19.6 Å². The summed E-state index contributed by atoms with van der Waals surface area (Å²) in [6.07, 6.45) is 5.70. The molecule has 409 valence electrons. The number of halogens is 1. The third kappa shape index (κ3) is 16.5. The predicted octanol–water partition coefficient (Wildman–Crippen LogP) is 2.18. The number of amides is 2. The Morgan fingerprint density at radius 1 is 0.784 bits per heavy atom. The maximum atomic E-state index is 13.3. The molecular formula is C51H69ClLuN12O9. The van der Waals surface area contributed by atoms with E-state index in [9.17, 15) is 44.6 Å². The van der Waals surface area contributed by atoms with Crippen molar-refractivity contribution in [3.8, 4) is 12.1 Å². The molecule has 74 heavy (non-hydrogen) atoms. The first-order valence-electron chi connectivity index (χ1n) is 25.3. The average molecular weight is 1200 g/mol. The number of nitrogens with zero attached hydrogens (tertiary/aromatic N) is 11. The number of nitrogens with one attached hydrogen (secondary N) is 1. The Bertz CT molecular complexity index is 2450. The van der Waals surface area contributed by atoms with Gasteiger partial charge in [-0.1, -0.05) is 42.4 Å². The molecule has 1 radical (unpaired) electrons. The zero-order valence-electron chi connectivity index (χ0n) is 41.8. The number of carboxylic acids is 3. The van der Waals surface area contributed by atoms with Crippen LogP contribution >= 0.6 is 11.6 Å². The number of anilines is 2. The summed E-state index contributed by atoms with van der Waals surface area (Å²) >= 11 is 6.79. The molecule has 0 aliphatic carbocycles. The minimum Gasteiger partial charge on any atom is -0.480 e. The van der Waals surface area contributed by atoms with Crippen molar-refractivity contribution in [2.75, 3.05) is 141 Å². The van der Waals surface area contributed by atoms with E-state index in [-0.39, 0.29) is 99.4 Å². The van der Waals surface area contributed by atoms with Crippen LogP contribution in [-0.4, -0.2) is 227 Å². The topological polar surface area (TPSA) is 243 Å². The Morgan fingerprint density at radius 2 is 1.41 bits per heavy atom. The minimum atomic E-state index is -1.02. The van der Waals surface area contributed by atoms with Gasteiger partial charge in [-0.15, -0.1) is 0 Å². The largest absolute Gasteiger partial charge is 0.480 e. The molecule has 5 heterocycles. The molecule has 2 atom stereocenters. The Hall–Kier alpha value is -4.92. The number of hydrogen-bond acceptors (Lipinski definition) is 16. The van der Waals surface area contributed by atoms with Crippen LogP contribution in [0.4, 0.5) is 11.5 Å². The molecule has 3 fully saturated rings. The number of carbonyl (C=O) groups excluding carboxylic acids is 2. The maximum absolute atomic E-state index is 13.3. The molecule has 4 aliphatic rings. The molecule has 4 N–H and O–H groups in total. The van der Waals surface area contributed by atoms with Gasteiger partial charge >= 0.3 is 23.9 Å². The Morgan fingerprint density at radius 3 is 2.01 bits per heavy atom. The van der Waals surface area contributed by atoms with Crippen molar-refractivity contribution in [3.63, 3.8) is 0 Å². The van der Waals surface area contributed by atoms with Crippen molar-refractivity contribution < 1.29 is 80.9 Å². The second-order valence-corrected chi connectivity index (χ2v) is 19.6. The maximum Gasteiger partial charge on any atom is 0.318 e. The third-order valence-corrected chi connectivity index (χ3v) is 14.5. The van der Waals surface area contributed by atoms with Gasteiger partial charge in [0.15, 0.2) is 0 Å².